The van der Waals surface area contributed by atoms with E-state index in [2.05, 4.69) is 13.8 Å². The monoisotopic (exact) mass is 376 g/mol. The van der Waals surface area contributed by atoms with Gasteiger partial charge in [0.2, 0.25) is 0 Å². The average molecular weight is 376 g/mol. The summed E-state index contributed by atoms with van der Waals surface area (Å²) in [5.41, 5.74) is 0.966. The van der Waals surface area contributed by atoms with Crippen LogP contribution in [-0.4, -0.2) is 46.4 Å². The van der Waals surface area contributed by atoms with Crippen molar-refractivity contribution < 1.29 is 19.5 Å². The van der Waals surface area contributed by atoms with Crippen molar-refractivity contribution in [2.75, 3.05) is 13.2 Å². The van der Waals surface area contributed by atoms with Crippen LogP contribution >= 0.6 is 0 Å². The van der Waals surface area contributed by atoms with Crippen molar-refractivity contribution in [3.8, 4) is 5.75 Å². The Morgan fingerprint density at radius 2 is 1.93 bits per heavy atom. The lowest BCUT2D eigenvalue weighted by molar-refractivity contribution is -0.145. The second kappa shape index (κ2) is 7.89. The number of amidine groups is 1. The lowest BCUT2D eigenvalue weighted by Gasteiger charge is -2.37. The highest BCUT2D eigenvalue weighted by Gasteiger charge is 2.49. The van der Waals surface area contributed by atoms with Crippen LogP contribution < -0.4 is 4.74 Å². The van der Waals surface area contributed by atoms with Gasteiger partial charge in [0.1, 0.15) is 5.75 Å². The van der Waals surface area contributed by atoms with Gasteiger partial charge in [-0.15, -0.1) is 0 Å². The minimum absolute atomic E-state index is 0.124. The van der Waals surface area contributed by atoms with Crippen molar-refractivity contribution in [1.82, 2.24) is 5.06 Å². The van der Waals surface area contributed by atoms with E-state index in [1.54, 1.807) is 13.0 Å². The smallest absolute Gasteiger partial charge is 0.344 e. The highest BCUT2D eigenvalue weighted by Crippen LogP contribution is 2.39. The molecule has 0 radical (unpaired) electrons. The zero-order chi connectivity index (χ0) is 20.4. The molecule has 6 heteroatoms. The SMILES string of the molecule is CCOC(=O)COc1ccc(C2=NC(C)(C)C(C)(C)N2O)c(CC(C)C)c1. The molecule has 0 unspecified atom stereocenters. The van der Waals surface area contributed by atoms with E-state index in [9.17, 15) is 10.0 Å². The zero-order valence-corrected chi connectivity index (χ0v) is 17.5. The first-order chi connectivity index (χ1) is 12.5. The van der Waals surface area contributed by atoms with Gasteiger partial charge in [0, 0.05) is 5.56 Å². The summed E-state index contributed by atoms with van der Waals surface area (Å²) < 4.78 is 10.5. The molecule has 1 aliphatic rings. The summed E-state index contributed by atoms with van der Waals surface area (Å²) in [6, 6.07) is 5.62. The topological polar surface area (TPSA) is 71.4 Å². The van der Waals surface area contributed by atoms with E-state index < -0.39 is 17.0 Å². The van der Waals surface area contributed by atoms with E-state index in [4.69, 9.17) is 14.5 Å². The van der Waals surface area contributed by atoms with Gasteiger partial charge in [0.15, 0.2) is 12.4 Å². The standard InChI is InChI=1S/C21H32N2O4/c1-8-26-18(24)13-27-16-9-10-17(15(12-16)11-14(2)3)19-22-20(4,5)21(6,7)23(19)25/h9-10,12,14,25H,8,11,13H2,1-7H3. The maximum atomic E-state index is 11.5. The summed E-state index contributed by atoms with van der Waals surface area (Å²) in [6.07, 6.45) is 0.805. The number of hydroxylamine groups is 2. The minimum Gasteiger partial charge on any atom is -0.482 e. The number of nitrogens with zero attached hydrogens (tertiary/aromatic N) is 2. The molecular weight excluding hydrogens is 344 g/mol. The molecule has 0 aliphatic carbocycles. The molecule has 0 bridgehead atoms. The van der Waals surface area contributed by atoms with Gasteiger partial charge in [0.25, 0.3) is 0 Å². The summed E-state index contributed by atoms with van der Waals surface area (Å²) in [5, 5.41) is 12.0. The van der Waals surface area contributed by atoms with Gasteiger partial charge < -0.3 is 9.47 Å². The van der Waals surface area contributed by atoms with Gasteiger partial charge in [-0.25, -0.2) is 9.86 Å². The number of hydrogen-bond donors (Lipinski definition) is 1. The summed E-state index contributed by atoms with van der Waals surface area (Å²) >= 11 is 0. The van der Waals surface area contributed by atoms with Gasteiger partial charge in [-0.05, 0) is 70.7 Å². The van der Waals surface area contributed by atoms with Crippen molar-refractivity contribution in [3.63, 3.8) is 0 Å². The summed E-state index contributed by atoms with van der Waals surface area (Å²) in [4.78, 5) is 16.3. The lowest BCUT2D eigenvalue weighted by atomic mass is 9.84. The molecule has 150 valence electrons. The number of carbonyl (C=O) groups is 1. The summed E-state index contributed by atoms with van der Waals surface area (Å²) in [7, 11) is 0. The fraction of sp³-hybridized carbons (Fsp3) is 0.619. The first-order valence-corrected chi connectivity index (χ1v) is 9.50. The zero-order valence-electron chi connectivity index (χ0n) is 17.5. The van der Waals surface area contributed by atoms with E-state index in [0.29, 0.717) is 24.1 Å². The number of aliphatic imine (C=N–C) groups is 1. The molecule has 0 spiro atoms. The van der Waals surface area contributed by atoms with Crippen molar-refractivity contribution in [2.45, 2.75) is 66.0 Å². The first-order valence-electron chi connectivity index (χ1n) is 9.50. The van der Waals surface area contributed by atoms with Crippen LogP contribution in [0.3, 0.4) is 0 Å². The molecule has 1 aliphatic heterocycles. The number of carbonyl (C=O) groups excluding carboxylic acids is 1. The third-order valence-corrected chi connectivity index (χ3v) is 5.22. The third kappa shape index (κ3) is 4.43. The molecule has 27 heavy (non-hydrogen) atoms. The average Bonchev–Trinajstić information content (AvgIpc) is 2.72. The molecule has 1 N–H and O–H groups in total. The van der Waals surface area contributed by atoms with Crippen LogP contribution in [0.25, 0.3) is 0 Å². The second-order valence-electron chi connectivity index (χ2n) is 8.38. The Labute approximate surface area is 162 Å². The van der Waals surface area contributed by atoms with Gasteiger partial charge >= 0.3 is 5.97 Å². The van der Waals surface area contributed by atoms with Gasteiger partial charge in [0.05, 0.1) is 17.7 Å². The van der Waals surface area contributed by atoms with E-state index >= 15 is 0 Å². The maximum absolute atomic E-state index is 11.5. The molecule has 1 aromatic rings. The largest absolute Gasteiger partial charge is 0.482 e. The fourth-order valence-electron chi connectivity index (χ4n) is 2.98. The highest BCUT2D eigenvalue weighted by molar-refractivity contribution is 6.01. The summed E-state index contributed by atoms with van der Waals surface area (Å²) in [6.45, 7) is 14.2. The van der Waals surface area contributed by atoms with Crippen LogP contribution in [0.5, 0.6) is 5.75 Å². The van der Waals surface area contributed by atoms with Crippen LogP contribution in [0.1, 0.15) is 59.6 Å². The van der Waals surface area contributed by atoms with Crippen LogP contribution in [0.2, 0.25) is 0 Å². The number of rotatable bonds is 7. The second-order valence-corrected chi connectivity index (χ2v) is 8.38. The Morgan fingerprint density at radius 1 is 1.26 bits per heavy atom. The molecule has 0 aromatic heterocycles. The Morgan fingerprint density at radius 3 is 2.44 bits per heavy atom. The van der Waals surface area contributed by atoms with Gasteiger partial charge in [-0.1, -0.05) is 13.8 Å². The molecule has 1 heterocycles. The Balaban J connectivity index is 2.35. The molecule has 1 aromatic carbocycles. The van der Waals surface area contributed by atoms with Crippen molar-refractivity contribution in [3.05, 3.63) is 29.3 Å². The number of benzene rings is 1. The van der Waals surface area contributed by atoms with Crippen LogP contribution in [0, 0.1) is 5.92 Å². The van der Waals surface area contributed by atoms with Gasteiger partial charge in [-0.2, -0.15) is 0 Å². The maximum Gasteiger partial charge on any atom is 0.344 e. The molecule has 0 saturated carbocycles. The highest BCUT2D eigenvalue weighted by atomic mass is 16.6. The Hall–Kier alpha value is -2.08. The Bertz CT molecular complexity index is 723. The summed E-state index contributed by atoms with van der Waals surface area (Å²) in [5.74, 6) is 1.19. The predicted octanol–water partition coefficient (Wildman–Crippen LogP) is 3.84. The van der Waals surface area contributed by atoms with Crippen molar-refractivity contribution in [2.24, 2.45) is 10.9 Å². The normalized spacial score (nSPS) is 17.8. The third-order valence-electron chi connectivity index (χ3n) is 5.22. The predicted molar refractivity (Wildman–Crippen MR) is 105 cm³/mol. The van der Waals surface area contributed by atoms with Crippen molar-refractivity contribution in [1.29, 1.82) is 0 Å². The van der Waals surface area contributed by atoms with Crippen LogP contribution in [0.4, 0.5) is 0 Å². The Kier molecular flexibility index (Phi) is 6.20. The molecule has 0 saturated heterocycles. The fourth-order valence-corrected chi connectivity index (χ4v) is 2.98. The number of ether oxygens (including phenoxy) is 2. The van der Waals surface area contributed by atoms with E-state index in [-0.39, 0.29) is 6.61 Å². The van der Waals surface area contributed by atoms with Crippen molar-refractivity contribution >= 4 is 11.8 Å². The molecular formula is C21H32N2O4. The van der Waals surface area contributed by atoms with Gasteiger partial charge in [-0.3, -0.25) is 10.2 Å². The quantitative estimate of drug-likeness (QED) is 0.732. The van der Waals surface area contributed by atoms with Crippen LogP contribution in [0.15, 0.2) is 23.2 Å². The number of esters is 1. The minimum atomic E-state index is -0.517. The first kappa shape index (κ1) is 21.2. The lowest BCUT2D eigenvalue weighted by Crippen LogP contribution is -2.51. The van der Waals surface area contributed by atoms with E-state index in [0.717, 1.165) is 17.5 Å². The number of hydrogen-bond acceptors (Lipinski definition) is 6. The van der Waals surface area contributed by atoms with E-state index in [1.807, 2.05) is 39.8 Å². The molecule has 0 amide bonds. The molecule has 0 atom stereocenters. The molecule has 2 rings (SSSR count). The molecule has 6 nitrogen and oxygen atoms in total. The van der Waals surface area contributed by atoms with Crippen LogP contribution in [-0.2, 0) is 16.0 Å². The molecule has 0 fully saturated rings. The van der Waals surface area contributed by atoms with E-state index in [1.165, 1.54) is 5.06 Å².